The summed E-state index contributed by atoms with van der Waals surface area (Å²) in [6.07, 6.45) is 0. The monoisotopic (exact) mass is 275 g/mol. The molecule has 1 amide bonds. The highest BCUT2D eigenvalue weighted by Crippen LogP contribution is 2.14. The standard InChI is InChI=1S/C12H12F3NO3/c1-3-19-12(18)6(2)16-11(17)10-8(14)4-7(13)5-9(10)15/h4-6H,3H2,1-2H3,(H,16,17). The Hall–Kier alpha value is -2.05. The molecular weight excluding hydrogens is 263 g/mol. The summed E-state index contributed by atoms with van der Waals surface area (Å²) in [5, 5.41) is 2.07. The molecule has 19 heavy (non-hydrogen) atoms. The van der Waals surface area contributed by atoms with Crippen LogP contribution < -0.4 is 5.32 Å². The summed E-state index contributed by atoms with van der Waals surface area (Å²) in [5.41, 5.74) is -0.947. The number of carbonyl (C=O) groups is 2. The second-order valence-corrected chi connectivity index (χ2v) is 3.69. The van der Waals surface area contributed by atoms with Crippen LogP contribution in [0.3, 0.4) is 0 Å². The van der Waals surface area contributed by atoms with E-state index in [1.807, 2.05) is 0 Å². The van der Waals surface area contributed by atoms with Gasteiger partial charge in [0.2, 0.25) is 0 Å². The maximum Gasteiger partial charge on any atom is 0.328 e. The van der Waals surface area contributed by atoms with E-state index in [4.69, 9.17) is 0 Å². The van der Waals surface area contributed by atoms with Crippen LogP contribution >= 0.6 is 0 Å². The van der Waals surface area contributed by atoms with Crippen molar-refractivity contribution in [3.63, 3.8) is 0 Å². The van der Waals surface area contributed by atoms with Crippen molar-refractivity contribution in [2.45, 2.75) is 19.9 Å². The van der Waals surface area contributed by atoms with Gasteiger partial charge in [-0.1, -0.05) is 0 Å². The molecule has 7 heteroatoms. The second-order valence-electron chi connectivity index (χ2n) is 3.69. The van der Waals surface area contributed by atoms with Crippen molar-refractivity contribution >= 4 is 11.9 Å². The molecule has 0 radical (unpaired) electrons. The van der Waals surface area contributed by atoms with Gasteiger partial charge < -0.3 is 10.1 Å². The zero-order valence-corrected chi connectivity index (χ0v) is 10.3. The Kier molecular flexibility index (Phi) is 4.91. The van der Waals surface area contributed by atoms with Crippen molar-refractivity contribution in [3.05, 3.63) is 35.1 Å². The molecular formula is C12H12F3NO3. The average Bonchev–Trinajstić information content (AvgIpc) is 2.27. The lowest BCUT2D eigenvalue weighted by Crippen LogP contribution is -2.40. The van der Waals surface area contributed by atoms with Crippen LogP contribution in [0.1, 0.15) is 24.2 Å². The van der Waals surface area contributed by atoms with Crippen LogP contribution in [0.15, 0.2) is 12.1 Å². The Balaban J connectivity index is 2.87. The minimum Gasteiger partial charge on any atom is -0.464 e. The normalized spacial score (nSPS) is 11.8. The highest BCUT2D eigenvalue weighted by Gasteiger charge is 2.23. The molecule has 1 aromatic carbocycles. The molecule has 1 unspecified atom stereocenters. The summed E-state index contributed by atoms with van der Waals surface area (Å²) in [6.45, 7) is 2.99. The first-order valence-electron chi connectivity index (χ1n) is 5.48. The Labute approximate surface area is 107 Å². The Morgan fingerprint density at radius 1 is 1.26 bits per heavy atom. The number of rotatable bonds is 4. The van der Waals surface area contributed by atoms with E-state index in [1.54, 1.807) is 6.92 Å². The molecule has 0 saturated heterocycles. The number of hydrogen-bond acceptors (Lipinski definition) is 3. The molecule has 0 aliphatic rings. The molecule has 104 valence electrons. The van der Waals surface area contributed by atoms with E-state index < -0.39 is 40.9 Å². The second kappa shape index (κ2) is 6.21. The molecule has 0 spiro atoms. The van der Waals surface area contributed by atoms with Gasteiger partial charge in [-0.3, -0.25) is 4.79 Å². The predicted molar refractivity (Wildman–Crippen MR) is 59.9 cm³/mol. The predicted octanol–water partition coefficient (Wildman–Crippen LogP) is 1.79. The Bertz CT molecular complexity index is 482. The molecule has 1 aromatic rings. The van der Waals surface area contributed by atoms with E-state index in [2.05, 4.69) is 10.1 Å². The number of nitrogens with one attached hydrogen (secondary N) is 1. The van der Waals surface area contributed by atoms with Crippen LogP contribution in [0.4, 0.5) is 13.2 Å². The molecule has 0 heterocycles. The van der Waals surface area contributed by atoms with Crippen LogP contribution in [-0.2, 0) is 9.53 Å². The molecule has 1 atom stereocenters. The molecule has 0 saturated carbocycles. The quantitative estimate of drug-likeness (QED) is 0.852. The number of carbonyl (C=O) groups excluding carboxylic acids is 2. The molecule has 0 bridgehead atoms. The highest BCUT2D eigenvalue weighted by atomic mass is 19.1. The first-order chi connectivity index (χ1) is 8.86. The van der Waals surface area contributed by atoms with Crippen molar-refractivity contribution in [2.75, 3.05) is 6.61 Å². The fourth-order valence-electron chi connectivity index (χ4n) is 1.35. The summed E-state index contributed by atoms with van der Waals surface area (Å²) in [6, 6.07) is -0.309. The zero-order valence-electron chi connectivity index (χ0n) is 10.3. The van der Waals surface area contributed by atoms with Gasteiger partial charge in [0.1, 0.15) is 29.1 Å². The van der Waals surface area contributed by atoms with Gasteiger partial charge in [0.25, 0.3) is 5.91 Å². The summed E-state index contributed by atoms with van der Waals surface area (Å²) < 4.78 is 43.9. The van der Waals surface area contributed by atoms with Gasteiger partial charge in [-0.2, -0.15) is 0 Å². The molecule has 0 aromatic heterocycles. The van der Waals surface area contributed by atoms with Crippen LogP contribution in [-0.4, -0.2) is 24.5 Å². The molecule has 1 N–H and O–H groups in total. The third kappa shape index (κ3) is 3.70. The van der Waals surface area contributed by atoms with Gasteiger partial charge in [0.05, 0.1) is 6.61 Å². The van der Waals surface area contributed by atoms with Crippen LogP contribution in [0.25, 0.3) is 0 Å². The van der Waals surface area contributed by atoms with Crippen molar-refractivity contribution in [1.82, 2.24) is 5.32 Å². The van der Waals surface area contributed by atoms with Gasteiger partial charge in [0.15, 0.2) is 0 Å². The smallest absolute Gasteiger partial charge is 0.328 e. The first-order valence-corrected chi connectivity index (χ1v) is 5.48. The van der Waals surface area contributed by atoms with E-state index in [0.29, 0.717) is 12.1 Å². The topological polar surface area (TPSA) is 55.4 Å². The van der Waals surface area contributed by atoms with Gasteiger partial charge in [-0.15, -0.1) is 0 Å². The number of hydrogen-bond donors (Lipinski definition) is 1. The van der Waals surface area contributed by atoms with Gasteiger partial charge in [-0.05, 0) is 13.8 Å². The van der Waals surface area contributed by atoms with E-state index >= 15 is 0 Å². The SMILES string of the molecule is CCOC(=O)C(C)NC(=O)c1c(F)cc(F)cc1F. The maximum absolute atomic E-state index is 13.3. The summed E-state index contributed by atoms with van der Waals surface area (Å²) in [5.74, 6) is -5.71. The Morgan fingerprint density at radius 3 is 2.26 bits per heavy atom. The first kappa shape index (κ1) is 15.0. The molecule has 0 aliphatic heterocycles. The molecule has 1 rings (SSSR count). The minimum absolute atomic E-state index is 0.109. The lowest BCUT2D eigenvalue weighted by atomic mass is 10.1. The van der Waals surface area contributed by atoms with E-state index in [0.717, 1.165) is 0 Å². The summed E-state index contributed by atoms with van der Waals surface area (Å²) in [4.78, 5) is 22.8. The van der Waals surface area contributed by atoms with Crippen LogP contribution in [0, 0.1) is 17.5 Å². The highest BCUT2D eigenvalue weighted by molar-refractivity contribution is 5.97. The molecule has 0 fully saturated rings. The number of benzene rings is 1. The van der Waals surface area contributed by atoms with Gasteiger partial charge >= 0.3 is 5.97 Å². The molecule has 4 nitrogen and oxygen atoms in total. The average molecular weight is 275 g/mol. The number of halogens is 3. The van der Waals surface area contributed by atoms with Crippen LogP contribution in [0.5, 0.6) is 0 Å². The fraction of sp³-hybridized carbons (Fsp3) is 0.333. The van der Waals surface area contributed by atoms with E-state index in [9.17, 15) is 22.8 Å². The minimum atomic E-state index is -1.34. The third-order valence-electron chi connectivity index (χ3n) is 2.22. The maximum atomic E-state index is 13.3. The van der Waals surface area contributed by atoms with Crippen molar-refractivity contribution < 1.29 is 27.5 Å². The summed E-state index contributed by atoms with van der Waals surface area (Å²) >= 11 is 0. The zero-order chi connectivity index (χ0) is 14.6. The van der Waals surface area contributed by atoms with Crippen molar-refractivity contribution in [1.29, 1.82) is 0 Å². The molecule has 0 aliphatic carbocycles. The Morgan fingerprint density at radius 2 is 1.79 bits per heavy atom. The number of amides is 1. The lowest BCUT2D eigenvalue weighted by Gasteiger charge is -2.13. The van der Waals surface area contributed by atoms with Crippen LogP contribution in [0.2, 0.25) is 0 Å². The fourth-order valence-corrected chi connectivity index (χ4v) is 1.35. The lowest BCUT2D eigenvalue weighted by molar-refractivity contribution is -0.144. The summed E-state index contributed by atoms with van der Waals surface area (Å²) in [7, 11) is 0. The van der Waals surface area contributed by atoms with E-state index in [-0.39, 0.29) is 6.61 Å². The number of esters is 1. The largest absolute Gasteiger partial charge is 0.464 e. The third-order valence-corrected chi connectivity index (χ3v) is 2.22. The van der Waals surface area contributed by atoms with E-state index in [1.165, 1.54) is 6.92 Å². The van der Waals surface area contributed by atoms with Crippen molar-refractivity contribution in [3.8, 4) is 0 Å². The van der Waals surface area contributed by atoms with Gasteiger partial charge in [0, 0.05) is 12.1 Å². The number of ether oxygens (including phenoxy) is 1. The van der Waals surface area contributed by atoms with Crippen molar-refractivity contribution in [2.24, 2.45) is 0 Å². The van der Waals surface area contributed by atoms with Gasteiger partial charge in [-0.25, -0.2) is 18.0 Å².